The van der Waals surface area contributed by atoms with Crippen molar-refractivity contribution in [2.45, 2.75) is 12.6 Å². The van der Waals surface area contributed by atoms with E-state index < -0.39 is 29.4 Å². The van der Waals surface area contributed by atoms with Gasteiger partial charge in [0.05, 0.1) is 7.11 Å². The number of hydrogen-bond donors (Lipinski definition) is 0. The normalized spacial score (nSPS) is 12.5. The van der Waals surface area contributed by atoms with Crippen LogP contribution in [0.15, 0.2) is 11.1 Å². The molecule has 0 saturated heterocycles. The monoisotopic (exact) mass is 230 g/mol. The van der Waals surface area contributed by atoms with Crippen molar-refractivity contribution in [2.24, 2.45) is 0 Å². The quantitative estimate of drug-likeness (QED) is 0.422. The molecule has 0 aromatic rings. The summed E-state index contributed by atoms with van der Waals surface area (Å²) in [5, 5.41) is -1.56. The number of hydrogen-bond acceptors (Lipinski definition) is 3. The molecule has 0 heterocycles. The number of carbonyl (C=O) groups is 2. The summed E-state index contributed by atoms with van der Waals surface area (Å²) in [5.41, 5.74) is 0. The lowest BCUT2D eigenvalue weighted by atomic mass is 10.2. The first-order valence-corrected chi connectivity index (χ1v) is 3.69. The van der Waals surface area contributed by atoms with Crippen molar-refractivity contribution in [3.63, 3.8) is 0 Å². The zero-order chi connectivity index (χ0) is 11.4. The molecule has 0 saturated carbocycles. The van der Waals surface area contributed by atoms with Crippen molar-refractivity contribution in [3.05, 3.63) is 11.1 Å². The summed E-state index contributed by atoms with van der Waals surface area (Å²) in [6.45, 7) is 0. The van der Waals surface area contributed by atoms with Crippen molar-refractivity contribution in [1.82, 2.24) is 0 Å². The van der Waals surface area contributed by atoms with Crippen LogP contribution in [0.2, 0.25) is 0 Å². The van der Waals surface area contributed by atoms with Crippen LogP contribution in [0.3, 0.4) is 0 Å². The van der Waals surface area contributed by atoms with E-state index in [-0.39, 0.29) is 6.08 Å². The molecule has 0 aliphatic carbocycles. The molecular formula is C7H6ClF3O3. The molecule has 14 heavy (non-hydrogen) atoms. The minimum Gasteiger partial charge on any atom is -0.469 e. The molecule has 0 unspecified atom stereocenters. The smallest absolute Gasteiger partial charge is 0.427 e. The third-order valence-corrected chi connectivity index (χ3v) is 1.43. The third kappa shape index (κ3) is 4.86. The van der Waals surface area contributed by atoms with Crippen LogP contribution in [0.1, 0.15) is 6.42 Å². The fourth-order valence-corrected chi connectivity index (χ4v) is 0.610. The van der Waals surface area contributed by atoms with Crippen molar-refractivity contribution in [1.29, 1.82) is 0 Å². The maximum absolute atomic E-state index is 11.8. The molecule has 3 nitrogen and oxygen atoms in total. The second-order valence-corrected chi connectivity index (χ2v) is 2.62. The number of ether oxygens (including phenoxy) is 1. The fraction of sp³-hybridized carbons (Fsp3) is 0.429. The molecule has 0 amide bonds. The Morgan fingerprint density at radius 3 is 2.29 bits per heavy atom. The number of halogens is 4. The second kappa shape index (κ2) is 4.99. The Bertz CT molecular complexity index is 270. The lowest BCUT2D eigenvalue weighted by Crippen LogP contribution is -2.12. The molecule has 0 aromatic heterocycles. The highest BCUT2D eigenvalue weighted by atomic mass is 35.5. The molecule has 0 N–H and O–H groups in total. The van der Waals surface area contributed by atoms with E-state index in [0.717, 1.165) is 7.11 Å². The van der Waals surface area contributed by atoms with Crippen LogP contribution in [-0.2, 0) is 14.3 Å². The van der Waals surface area contributed by atoms with E-state index in [1.807, 2.05) is 0 Å². The number of alkyl halides is 3. The van der Waals surface area contributed by atoms with Crippen LogP contribution < -0.4 is 0 Å². The number of ketones is 1. The van der Waals surface area contributed by atoms with Crippen molar-refractivity contribution in [3.8, 4) is 0 Å². The van der Waals surface area contributed by atoms with Crippen LogP contribution in [-0.4, -0.2) is 25.0 Å². The highest BCUT2D eigenvalue weighted by Gasteiger charge is 2.33. The minimum atomic E-state index is -4.77. The van der Waals surface area contributed by atoms with Gasteiger partial charge in [-0.1, -0.05) is 11.6 Å². The molecule has 7 heteroatoms. The number of carbonyl (C=O) groups excluding carboxylic acids is 2. The number of esters is 1. The van der Waals surface area contributed by atoms with E-state index in [9.17, 15) is 22.8 Å². The van der Waals surface area contributed by atoms with E-state index in [4.69, 9.17) is 11.6 Å². The van der Waals surface area contributed by atoms with Gasteiger partial charge in [-0.25, -0.2) is 0 Å². The average molecular weight is 231 g/mol. The van der Waals surface area contributed by atoms with E-state index in [1.54, 1.807) is 0 Å². The van der Waals surface area contributed by atoms with E-state index in [0.29, 0.717) is 0 Å². The zero-order valence-electron chi connectivity index (χ0n) is 7.02. The first-order valence-electron chi connectivity index (χ1n) is 3.31. The Labute approximate surface area is 82.5 Å². The van der Waals surface area contributed by atoms with Gasteiger partial charge in [-0.15, -0.1) is 0 Å². The molecule has 0 atom stereocenters. The molecule has 0 spiro atoms. The Kier molecular flexibility index (Phi) is 4.62. The predicted octanol–water partition coefficient (Wildman–Crippen LogP) is 1.80. The van der Waals surface area contributed by atoms with Gasteiger partial charge in [-0.2, -0.15) is 13.2 Å². The standard InChI is InChI=1S/C7H6ClF3O3/c1-14-6(13)3-4(12)2-5(8)7(9,10)11/h2H,3H2,1H3. The summed E-state index contributed by atoms with van der Waals surface area (Å²) >= 11 is 4.74. The molecule has 0 radical (unpaired) electrons. The zero-order valence-corrected chi connectivity index (χ0v) is 7.78. The van der Waals surface area contributed by atoms with Gasteiger partial charge in [-0.3, -0.25) is 9.59 Å². The van der Waals surface area contributed by atoms with Crippen molar-refractivity contribution < 1.29 is 27.5 Å². The molecule has 0 aliphatic rings. The summed E-state index contributed by atoms with van der Waals surface area (Å²) in [6.07, 6.45) is -5.38. The summed E-state index contributed by atoms with van der Waals surface area (Å²) in [5.74, 6) is -1.97. The Hall–Kier alpha value is -1.04. The summed E-state index contributed by atoms with van der Waals surface area (Å²) in [7, 11) is 1.02. The van der Waals surface area contributed by atoms with Gasteiger partial charge in [0.25, 0.3) is 0 Å². The summed E-state index contributed by atoms with van der Waals surface area (Å²) in [4.78, 5) is 21.2. The molecular weight excluding hydrogens is 225 g/mol. The topological polar surface area (TPSA) is 43.4 Å². The van der Waals surface area contributed by atoms with Crippen LogP contribution in [0, 0.1) is 0 Å². The molecule has 0 rings (SSSR count). The van der Waals surface area contributed by atoms with Gasteiger partial charge in [0, 0.05) is 6.08 Å². The maximum Gasteiger partial charge on any atom is 0.427 e. The predicted molar refractivity (Wildman–Crippen MR) is 41.6 cm³/mol. The minimum absolute atomic E-state index is 0.151. The molecule has 0 aromatic carbocycles. The van der Waals surface area contributed by atoms with E-state index in [2.05, 4.69) is 4.74 Å². The lowest BCUT2D eigenvalue weighted by Gasteiger charge is -2.02. The SMILES string of the molecule is COC(=O)CC(=O)C=C(Cl)C(F)(F)F. The van der Waals surface area contributed by atoms with Gasteiger partial charge >= 0.3 is 12.1 Å². The summed E-state index contributed by atoms with van der Waals surface area (Å²) in [6, 6.07) is 0. The molecule has 0 bridgehead atoms. The third-order valence-electron chi connectivity index (χ3n) is 1.10. The van der Waals surface area contributed by atoms with E-state index in [1.165, 1.54) is 0 Å². The lowest BCUT2D eigenvalue weighted by molar-refractivity contribution is -0.142. The second-order valence-electron chi connectivity index (χ2n) is 2.21. The number of rotatable bonds is 3. The molecule has 0 fully saturated rings. The van der Waals surface area contributed by atoms with Gasteiger partial charge < -0.3 is 4.74 Å². The van der Waals surface area contributed by atoms with Crippen molar-refractivity contribution in [2.75, 3.05) is 7.11 Å². The Morgan fingerprint density at radius 2 is 1.93 bits per heavy atom. The Morgan fingerprint density at radius 1 is 1.43 bits per heavy atom. The highest BCUT2D eigenvalue weighted by Crippen LogP contribution is 2.28. The highest BCUT2D eigenvalue weighted by molar-refractivity contribution is 6.32. The molecule has 0 aliphatic heterocycles. The van der Waals surface area contributed by atoms with Gasteiger partial charge in [0.2, 0.25) is 0 Å². The van der Waals surface area contributed by atoms with Crippen LogP contribution >= 0.6 is 11.6 Å². The first-order chi connectivity index (χ1) is 6.27. The van der Waals surface area contributed by atoms with Crippen LogP contribution in [0.25, 0.3) is 0 Å². The van der Waals surface area contributed by atoms with Gasteiger partial charge in [0.15, 0.2) is 5.78 Å². The number of allylic oxidation sites excluding steroid dienone is 2. The number of methoxy groups -OCH3 is 1. The van der Waals surface area contributed by atoms with Gasteiger partial charge in [0.1, 0.15) is 11.5 Å². The van der Waals surface area contributed by atoms with Crippen molar-refractivity contribution >= 4 is 23.4 Å². The van der Waals surface area contributed by atoms with E-state index >= 15 is 0 Å². The largest absolute Gasteiger partial charge is 0.469 e. The maximum atomic E-state index is 11.8. The fourth-order valence-electron chi connectivity index (χ4n) is 0.489. The summed E-state index contributed by atoms with van der Waals surface area (Å²) < 4.78 is 39.4. The first kappa shape index (κ1) is 13.0. The molecule has 80 valence electrons. The Balaban J connectivity index is 4.38. The average Bonchev–Trinajstić information content (AvgIpc) is 2.02. The van der Waals surface area contributed by atoms with Crippen LogP contribution in [0.4, 0.5) is 13.2 Å². The van der Waals surface area contributed by atoms with Crippen LogP contribution in [0.5, 0.6) is 0 Å². The van der Waals surface area contributed by atoms with Gasteiger partial charge in [-0.05, 0) is 0 Å².